The van der Waals surface area contributed by atoms with Crippen LogP contribution in [-0.4, -0.2) is 30.2 Å². The van der Waals surface area contributed by atoms with E-state index in [1.54, 1.807) is 0 Å². The van der Waals surface area contributed by atoms with Crippen molar-refractivity contribution in [2.24, 2.45) is 0 Å². The summed E-state index contributed by atoms with van der Waals surface area (Å²) in [5.41, 5.74) is 1.93. The minimum Gasteiger partial charge on any atom is -0.373 e. The van der Waals surface area contributed by atoms with Gasteiger partial charge in [-0.05, 0) is 31.5 Å². The number of hydrogen-bond donors (Lipinski definition) is 0. The van der Waals surface area contributed by atoms with Gasteiger partial charge in [-0.1, -0.05) is 12.1 Å². The number of rotatable bonds is 2. The third-order valence-electron chi connectivity index (χ3n) is 2.96. The molecule has 0 aromatic heterocycles. The molecule has 1 saturated heterocycles. The fourth-order valence-electron chi connectivity index (χ4n) is 2.41. The standard InChI is InChI=1S/C14H18N2O/c1-11-8-16(9-12(2)17-11)10-14-5-3-4-13(6-14)7-15/h3-6,11-12H,8-10H2,1-2H3/t11-,12+. The van der Waals surface area contributed by atoms with E-state index in [1.807, 2.05) is 18.2 Å². The molecule has 0 N–H and O–H groups in total. The summed E-state index contributed by atoms with van der Waals surface area (Å²) in [4.78, 5) is 2.38. The summed E-state index contributed by atoms with van der Waals surface area (Å²) in [6, 6.07) is 10.0. The lowest BCUT2D eigenvalue weighted by atomic mass is 10.1. The van der Waals surface area contributed by atoms with Crippen molar-refractivity contribution < 1.29 is 4.74 Å². The molecule has 0 amide bonds. The Kier molecular flexibility index (Phi) is 3.78. The highest BCUT2D eigenvalue weighted by Crippen LogP contribution is 2.14. The van der Waals surface area contributed by atoms with Crippen LogP contribution in [0.4, 0.5) is 0 Å². The van der Waals surface area contributed by atoms with Crippen molar-refractivity contribution in [3.8, 4) is 6.07 Å². The summed E-state index contributed by atoms with van der Waals surface area (Å²) in [7, 11) is 0. The molecule has 3 nitrogen and oxygen atoms in total. The molecule has 3 heteroatoms. The molecule has 0 radical (unpaired) electrons. The second-order valence-corrected chi connectivity index (χ2v) is 4.76. The van der Waals surface area contributed by atoms with Gasteiger partial charge in [-0.15, -0.1) is 0 Å². The van der Waals surface area contributed by atoms with Crippen LogP contribution >= 0.6 is 0 Å². The molecule has 1 aliphatic heterocycles. The molecule has 1 fully saturated rings. The predicted octanol–water partition coefficient (Wildman–Crippen LogP) is 2.17. The monoisotopic (exact) mass is 230 g/mol. The summed E-state index contributed by atoms with van der Waals surface area (Å²) >= 11 is 0. The zero-order valence-corrected chi connectivity index (χ0v) is 10.4. The van der Waals surface area contributed by atoms with E-state index in [-0.39, 0.29) is 12.2 Å². The van der Waals surface area contributed by atoms with E-state index in [1.165, 1.54) is 5.56 Å². The number of hydrogen-bond acceptors (Lipinski definition) is 3. The minimum absolute atomic E-state index is 0.290. The van der Waals surface area contributed by atoms with Crippen molar-refractivity contribution in [2.75, 3.05) is 13.1 Å². The van der Waals surface area contributed by atoms with Gasteiger partial charge >= 0.3 is 0 Å². The molecule has 1 aromatic rings. The topological polar surface area (TPSA) is 36.3 Å². The number of nitrogens with zero attached hydrogens (tertiary/aromatic N) is 2. The third kappa shape index (κ3) is 3.29. The molecule has 2 rings (SSSR count). The van der Waals surface area contributed by atoms with Crippen LogP contribution in [0.3, 0.4) is 0 Å². The van der Waals surface area contributed by atoms with E-state index in [2.05, 4.69) is 30.9 Å². The zero-order valence-electron chi connectivity index (χ0n) is 10.4. The van der Waals surface area contributed by atoms with Gasteiger partial charge in [-0.25, -0.2) is 0 Å². The van der Waals surface area contributed by atoms with Gasteiger partial charge in [0.1, 0.15) is 0 Å². The minimum atomic E-state index is 0.290. The third-order valence-corrected chi connectivity index (χ3v) is 2.96. The summed E-state index contributed by atoms with van der Waals surface area (Å²) in [6.07, 6.45) is 0.579. The number of benzene rings is 1. The first-order valence-electron chi connectivity index (χ1n) is 6.04. The first kappa shape index (κ1) is 12.1. The van der Waals surface area contributed by atoms with Gasteiger partial charge in [0.05, 0.1) is 23.8 Å². The van der Waals surface area contributed by atoms with Crippen LogP contribution in [0.25, 0.3) is 0 Å². The average molecular weight is 230 g/mol. The quantitative estimate of drug-likeness (QED) is 0.781. The predicted molar refractivity (Wildman–Crippen MR) is 66.4 cm³/mol. The molecule has 0 aliphatic carbocycles. The Morgan fingerprint density at radius 1 is 1.35 bits per heavy atom. The van der Waals surface area contributed by atoms with Crippen molar-refractivity contribution >= 4 is 0 Å². The van der Waals surface area contributed by atoms with Crippen LogP contribution in [0.5, 0.6) is 0 Å². The first-order valence-corrected chi connectivity index (χ1v) is 6.04. The molecule has 0 spiro atoms. The largest absolute Gasteiger partial charge is 0.373 e. The van der Waals surface area contributed by atoms with Gasteiger partial charge in [-0.2, -0.15) is 5.26 Å². The smallest absolute Gasteiger partial charge is 0.0991 e. The van der Waals surface area contributed by atoms with E-state index in [4.69, 9.17) is 10.00 Å². The van der Waals surface area contributed by atoms with Crippen LogP contribution in [0.1, 0.15) is 25.0 Å². The van der Waals surface area contributed by atoms with Crippen molar-refractivity contribution in [3.05, 3.63) is 35.4 Å². The molecule has 90 valence electrons. The van der Waals surface area contributed by atoms with E-state index < -0.39 is 0 Å². The summed E-state index contributed by atoms with van der Waals surface area (Å²) in [5.74, 6) is 0. The molecule has 17 heavy (non-hydrogen) atoms. The maximum Gasteiger partial charge on any atom is 0.0991 e. The second-order valence-electron chi connectivity index (χ2n) is 4.76. The number of nitriles is 1. The van der Waals surface area contributed by atoms with Gasteiger partial charge < -0.3 is 4.74 Å². The van der Waals surface area contributed by atoms with Crippen LogP contribution in [0.15, 0.2) is 24.3 Å². The Morgan fingerprint density at radius 2 is 2.06 bits per heavy atom. The number of morpholine rings is 1. The lowest BCUT2D eigenvalue weighted by Crippen LogP contribution is -2.44. The van der Waals surface area contributed by atoms with Gasteiger partial charge in [0.25, 0.3) is 0 Å². The highest BCUT2D eigenvalue weighted by atomic mass is 16.5. The normalized spacial score (nSPS) is 25.5. The van der Waals surface area contributed by atoms with Crippen LogP contribution in [0, 0.1) is 11.3 Å². The Morgan fingerprint density at radius 3 is 2.71 bits per heavy atom. The second kappa shape index (κ2) is 5.31. The highest BCUT2D eigenvalue weighted by molar-refractivity contribution is 5.32. The van der Waals surface area contributed by atoms with E-state index in [9.17, 15) is 0 Å². The molecule has 0 unspecified atom stereocenters. The molecule has 1 heterocycles. The lowest BCUT2D eigenvalue weighted by Gasteiger charge is -2.35. The summed E-state index contributed by atoms with van der Waals surface area (Å²) in [6.45, 7) is 7.03. The van der Waals surface area contributed by atoms with Crippen molar-refractivity contribution in [1.82, 2.24) is 4.90 Å². The fraction of sp³-hybridized carbons (Fsp3) is 0.500. The van der Waals surface area contributed by atoms with E-state index in [0.717, 1.165) is 25.2 Å². The highest BCUT2D eigenvalue weighted by Gasteiger charge is 2.21. The Hall–Kier alpha value is -1.37. The molecular weight excluding hydrogens is 212 g/mol. The van der Waals surface area contributed by atoms with Gasteiger partial charge in [-0.3, -0.25) is 4.90 Å². The average Bonchev–Trinajstić information content (AvgIpc) is 2.28. The summed E-state index contributed by atoms with van der Waals surface area (Å²) < 4.78 is 5.70. The molecule has 0 bridgehead atoms. The first-order chi connectivity index (χ1) is 8.17. The fourth-order valence-corrected chi connectivity index (χ4v) is 2.41. The lowest BCUT2D eigenvalue weighted by molar-refractivity contribution is -0.0704. The van der Waals surface area contributed by atoms with Crippen molar-refractivity contribution in [2.45, 2.75) is 32.6 Å². The van der Waals surface area contributed by atoms with Crippen LogP contribution < -0.4 is 0 Å². The Bertz CT molecular complexity index is 414. The van der Waals surface area contributed by atoms with E-state index >= 15 is 0 Å². The van der Waals surface area contributed by atoms with Gasteiger partial charge in [0.15, 0.2) is 0 Å². The van der Waals surface area contributed by atoms with Crippen molar-refractivity contribution in [1.29, 1.82) is 5.26 Å². The van der Waals surface area contributed by atoms with Gasteiger partial charge in [0, 0.05) is 19.6 Å². The zero-order chi connectivity index (χ0) is 12.3. The van der Waals surface area contributed by atoms with Crippen LogP contribution in [0.2, 0.25) is 0 Å². The molecule has 1 aromatic carbocycles. The maximum absolute atomic E-state index is 8.87. The Balaban J connectivity index is 2.02. The Labute approximate surface area is 103 Å². The summed E-state index contributed by atoms with van der Waals surface area (Å²) in [5, 5.41) is 8.87. The van der Waals surface area contributed by atoms with Gasteiger partial charge in [0.2, 0.25) is 0 Å². The van der Waals surface area contributed by atoms with E-state index in [0.29, 0.717) is 0 Å². The SMILES string of the molecule is C[C@@H]1CN(Cc2cccc(C#N)c2)C[C@H](C)O1. The molecule has 1 aliphatic rings. The maximum atomic E-state index is 8.87. The molecular formula is C14H18N2O. The number of ether oxygens (including phenoxy) is 1. The van der Waals surface area contributed by atoms with Crippen molar-refractivity contribution in [3.63, 3.8) is 0 Å². The van der Waals surface area contributed by atoms with Crippen LogP contribution in [-0.2, 0) is 11.3 Å². The molecule has 2 atom stereocenters. The molecule has 0 saturated carbocycles.